The summed E-state index contributed by atoms with van der Waals surface area (Å²) in [6.45, 7) is 5.94. The van der Waals surface area contributed by atoms with Gasteiger partial charge in [-0.25, -0.2) is 0 Å². The number of hydrogen-bond donors (Lipinski definition) is 2. The zero-order chi connectivity index (χ0) is 19.8. The van der Waals surface area contributed by atoms with Gasteiger partial charge in [0.15, 0.2) is 0 Å². The van der Waals surface area contributed by atoms with Crippen molar-refractivity contribution < 1.29 is 4.79 Å². The lowest BCUT2D eigenvalue weighted by molar-refractivity contribution is 0.0952. The number of amides is 1. The number of hydrogen-bond acceptors (Lipinski definition) is 3. The van der Waals surface area contributed by atoms with Gasteiger partial charge in [0.25, 0.3) is 11.5 Å². The lowest BCUT2D eigenvalue weighted by Crippen LogP contribution is -2.28. The minimum atomic E-state index is -0.181. The number of rotatable bonds is 4. The maximum Gasteiger partial charge on any atom is 0.253 e. The predicted octanol–water partition coefficient (Wildman–Crippen LogP) is 3.69. The number of nitrogens with one attached hydrogen (secondary N) is 2. The van der Waals surface area contributed by atoms with Gasteiger partial charge in [-0.15, -0.1) is 0 Å². The van der Waals surface area contributed by atoms with Crippen LogP contribution in [0, 0.1) is 20.8 Å². The van der Waals surface area contributed by atoms with Crippen LogP contribution < -0.4 is 10.9 Å². The fourth-order valence-electron chi connectivity index (χ4n) is 4.28. The second-order valence-corrected chi connectivity index (χ2v) is 7.90. The number of aromatic nitrogens is 3. The topological polar surface area (TPSA) is 79.8 Å². The van der Waals surface area contributed by atoms with E-state index in [-0.39, 0.29) is 18.0 Å². The van der Waals surface area contributed by atoms with Crippen molar-refractivity contribution in [3.63, 3.8) is 0 Å². The Morgan fingerprint density at radius 3 is 2.68 bits per heavy atom. The highest BCUT2D eigenvalue weighted by atomic mass is 16.1. The van der Waals surface area contributed by atoms with E-state index in [1.807, 2.05) is 32.9 Å². The number of pyridine rings is 1. The SMILES string of the molecule is Cc1cc(C(=O)NCc2c(C)cc(C)[nH]c2=O)c2cnn(C3CCCC3)c2c1. The van der Waals surface area contributed by atoms with Crippen molar-refractivity contribution in [1.29, 1.82) is 0 Å². The minimum Gasteiger partial charge on any atom is -0.348 e. The average Bonchev–Trinajstić information content (AvgIpc) is 3.28. The third-order valence-corrected chi connectivity index (χ3v) is 5.70. The van der Waals surface area contributed by atoms with Crippen molar-refractivity contribution in [1.82, 2.24) is 20.1 Å². The van der Waals surface area contributed by atoms with Crippen molar-refractivity contribution in [3.05, 3.63) is 62.7 Å². The molecule has 1 saturated carbocycles. The molecule has 6 nitrogen and oxygen atoms in total. The fourth-order valence-corrected chi connectivity index (χ4v) is 4.28. The molecular formula is C22H26N4O2. The van der Waals surface area contributed by atoms with Crippen LogP contribution in [-0.4, -0.2) is 20.7 Å². The standard InChI is InChI=1S/C22H26N4O2/c1-13-8-17(19-12-24-26(20(19)9-13)16-6-4-5-7-16)21(27)23-11-18-14(2)10-15(3)25-22(18)28/h8-10,12,16H,4-7,11H2,1-3H3,(H,23,27)(H,25,28). The maximum absolute atomic E-state index is 12.9. The van der Waals surface area contributed by atoms with Crippen LogP contribution in [0.5, 0.6) is 0 Å². The summed E-state index contributed by atoms with van der Waals surface area (Å²) in [4.78, 5) is 27.9. The molecule has 1 aliphatic rings. The van der Waals surface area contributed by atoms with Gasteiger partial charge in [-0.2, -0.15) is 5.10 Å². The summed E-state index contributed by atoms with van der Waals surface area (Å²) in [5.74, 6) is -0.181. The molecular weight excluding hydrogens is 352 g/mol. The summed E-state index contributed by atoms with van der Waals surface area (Å²) in [6, 6.07) is 6.33. The molecule has 2 aromatic heterocycles. The lowest BCUT2D eigenvalue weighted by Gasteiger charge is -2.13. The normalized spacial score (nSPS) is 14.7. The van der Waals surface area contributed by atoms with Crippen LogP contribution in [0.2, 0.25) is 0 Å². The van der Waals surface area contributed by atoms with Crippen molar-refractivity contribution in [3.8, 4) is 0 Å². The quantitative estimate of drug-likeness (QED) is 0.726. The summed E-state index contributed by atoms with van der Waals surface area (Å²) < 4.78 is 2.08. The van der Waals surface area contributed by atoms with E-state index in [0.717, 1.165) is 40.6 Å². The van der Waals surface area contributed by atoms with Crippen molar-refractivity contribution in [2.24, 2.45) is 0 Å². The molecule has 28 heavy (non-hydrogen) atoms. The first-order valence-corrected chi connectivity index (χ1v) is 9.89. The molecule has 2 N–H and O–H groups in total. The molecule has 0 radical (unpaired) electrons. The Morgan fingerprint density at radius 1 is 1.21 bits per heavy atom. The first kappa shape index (κ1) is 18.5. The fraction of sp³-hybridized carbons (Fsp3) is 0.409. The zero-order valence-electron chi connectivity index (χ0n) is 16.6. The first-order valence-electron chi connectivity index (χ1n) is 9.89. The smallest absolute Gasteiger partial charge is 0.253 e. The Balaban J connectivity index is 1.63. The highest BCUT2D eigenvalue weighted by Gasteiger charge is 2.22. The molecule has 1 amide bonds. The highest BCUT2D eigenvalue weighted by Crippen LogP contribution is 2.32. The molecule has 0 spiro atoms. The average molecular weight is 378 g/mol. The van der Waals surface area contributed by atoms with Crippen LogP contribution in [0.4, 0.5) is 0 Å². The Morgan fingerprint density at radius 2 is 1.96 bits per heavy atom. The zero-order valence-corrected chi connectivity index (χ0v) is 16.6. The van der Waals surface area contributed by atoms with Gasteiger partial charge in [0.05, 0.1) is 23.3 Å². The van der Waals surface area contributed by atoms with Crippen LogP contribution >= 0.6 is 0 Å². The second kappa shape index (κ2) is 7.26. The molecule has 0 atom stereocenters. The third kappa shape index (κ3) is 3.35. The number of fused-ring (bicyclic) bond motifs is 1. The Labute approximate surface area is 164 Å². The van der Waals surface area contributed by atoms with E-state index >= 15 is 0 Å². The number of carbonyl (C=O) groups is 1. The summed E-state index contributed by atoms with van der Waals surface area (Å²) in [5.41, 5.74) is 4.79. The van der Waals surface area contributed by atoms with Crippen molar-refractivity contribution >= 4 is 16.8 Å². The molecule has 1 fully saturated rings. The highest BCUT2D eigenvalue weighted by molar-refractivity contribution is 6.06. The molecule has 4 rings (SSSR count). The van der Waals surface area contributed by atoms with Crippen LogP contribution in [0.3, 0.4) is 0 Å². The van der Waals surface area contributed by atoms with Gasteiger partial charge in [0.2, 0.25) is 0 Å². The van der Waals surface area contributed by atoms with Gasteiger partial charge in [0, 0.05) is 23.2 Å². The molecule has 2 heterocycles. The first-order chi connectivity index (χ1) is 13.4. The van der Waals surface area contributed by atoms with E-state index in [1.165, 1.54) is 12.8 Å². The van der Waals surface area contributed by atoms with E-state index < -0.39 is 0 Å². The monoisotopic (exact) mass is 378 g/mol. The molecule has 3 aromatic rings. The Bertz CT molecular complexity index is 1100. The molecule has 0 unspecified atom stereocenters. The largest absolute Gasteiger partial charge is 0.348 e. The summed E-state index contributed by atoms with van der Waals surface area (Å²) in [5, 5.41) is 8.38. The van der Waals surface area contributed by atoms with Gasteiger partial charge in [-0.1, -0.05) is 12.8 Å². The van der Waals surface area contributed by atoms with Crippen LogP contribution in [0.25, 0.3) is 10.9 Å². The summed E-state index contributed by atoms with van der Waals surface area (Å²) >= 11 is 0. The number of benzene rings is 1. The van der Waals surface area contributed by atoms with Gasteiger partial charge >= 0.3 is 0 Å². The molecule has 0 saturated heterocycles. The molecule has 1 aromatic carbocycles. The second-order valence-electron chi connectivity index (χ2n) is 7.90. The Hall–Kier alpha value is -2.89. The lowest BCUT2D eigenvalue weighted by atomic mass is 10.1. The molecule has 146 valence electrons. The van der Waals surface area contributed by atoms with Crippen LogP contribution in [0.1, 0.15) is 64.5 Å². The number of H-pyrrole nitrogens is 1. The number of carbonyl (C=O) groups excluding carboxylic acids is 1. The van der Waals surface area contributed by atoms with E-state index in [0.29, 0.717) is 17.2 Å². The number of nitrogens with zero attached hydrogens (tertiary/aromatic N) is 2. The van der Waals surface area contributed by atoms with Gasteiger partial charge in [-0.3, -0.25) is 14.3 Å². The predicted molar refractivity (Wildman–Crippen MR) is 110 cm³/mol. The summed E-state index contributed by atoms with van der Waals surface area (Å²) in [6.07, 6.45) is 6.54. The van der Waals surface area contributed by atoms with Gasteiger partial charge in [-0.05, 0) is 62.9 Å². The number of aromatic amines is 1. The van der Waals surface area contributed by atoms with Crippen LogP contribution in [-0.2, 0) is 6.54 Å². The molecule has 1 aliphatic carbocycles. The van der Waals surface area contributed by atoms with Gasteiger partial charge in [0.1, 0.15) is 0 Å². The number of aryl methyl sites for hydroxylation is 3. The van der Waals surface area contributed by atoms with E-state index in [2.05, 4.69) is 26.1 Å². The van der Waals surface area contributed by atoms with Crippen molar-refractivity contribution in [2.75, 3.05) is 0 Å². The van der Waals surface area contributed by atoms with Gasteiger partial charge < -0.3 is 10.3 Å². The molecule has 6 heteroatoms. The minimum absolute atomic E-state index is 0.152. The third-order valence-electron chi connectivity index (χ3n) is 5.70. The van der Waals surface area contributed by atoms with E-state index in [4.69, 9.17) is 0 Å². The maximum atomic E-state index is 12.9. The van der Waals surface area contributed by atoms with Crippen LogP contribution in [0.15, 0.2) is 29.2 Å². The van der Waals surface area contributed by atoms with E-state index in [1.54, 1.807) is 6.20 Å². The summed E-state index contributed by atoms with van der Waals surface area (Å²) in [7, 11) is 0. The molecule has 0 aliphatic heterocycles. The van der Waals surface area contributed by atoms with Crippen molar-refractivity contribution in [2.45, 2.75) is 59.0 Å². The Kier molecular flexibility index (Phi) is 4.79. The molecule has 0 bridgehead atoms. The van der Waals surface area contributed by atoms with E-state index in [9.17, 15) is 9.59 Å².